The molecular weight excluding hydrogens is 362 g/mol. The van der Waals surface area contributed by atoms with Gasteiger partial charge in [0.1, 0.15) is 5.82 Å². The molecule has 3 rings (SSSR count). The number of nitrogens with zero attached hydrogens (tertiary/aromatic N) is 3. The van der Waals surface area contributed by atoms with Crippen LogP contribution in [0.3, 0.4) is 0 Å². The smallest absolute Gasteiger partial charge is 0.255 e. The molecule has 0 aliphatic heterocycles. The van der Waals surface area contributed by atoms with Crippen molar-refractivity contribution in [3.63, 3.8) is 0 Å². The molecule has 0 unspecified atom stereocenters. The zero-order chi connectivity index (χ0) is 20.4. The van der Waals surface area contributed by atoms with Gasteiger partial charge in [-0.25, -0.2) is 4.98 Å². The zero-order valence-corrected chi connectivity index (χ0v) is 16.0. The lowest BCUT2D eigenvalue weighted by molar-refractivity contribution is -0.313. The minimum atomic E-state index is -1.24. The van der Waals surface area contributed by atoms with Crippen molar-refractivity contribution in [2.24, 2.45) is 11.8 Å². The molecule has 2 aromatic rings. The Bertz CT molecular complexity index is 1000. The van der Waals surface area contributed by atoms with E-state index in [1.807, 2.05) is 6.92 Å². The molecule has 2 N–H and O–H groups in total. The first kappa shape index (κ1) is 19.5. The van der Waals surface area contributed by atoms with Crippen LogP contribution >= 0.6 is 0 Å². The molecule has 9 heteroatoms. The molecule has 28 heavy (non-hydrogen) atoms. The van der Waals surface area contributed by atoms with Crippen molar-refractivity contribution in [2.45, 2.75) is 40.0 Å². The predicted octanol–water partition coefficient (Wildman–Crippen LogP) is 0.406. The van der Waals surface area contributed by atoms with Crippen molar-refractivity contribution in [1.82, 2.24) is 19.7 Å². The zero-order valence-electron chi connectivity index (χ0n) is 16.0. The van der Waals surface area contributed by atoms with E-state index in [1.54, 1.807) is 32.1 Å². The van der Waals surface area contributed by atoms with E-state index in [0.29, 0.717) is 35.6 Å². The summed E-state index contributed by atoms with van der Waals surface area (Å²) in [4.78, 5) is 43.4. The number of H-pyrrole nitrogens is 1. The lowest BCUT2D eigenvalue weighted by Crippen LogP contribution is -2.41. The number of anilines is 1. The van der Waals surface area contributed by atoms with E-state index in [0.717, 1.165) is 0 Å². The molecule has 0 radical (unpaired) electrons. The monoisotopic (exact) mass is 384 g/mol. The van der Waals surface area contributed by atoms with Gasteiger partial charge in [-0.1, -0.05) is 19.1 Å². The number of carbonyl (C=O) groups excluding carboxylic acids is 2. The maximum Gasteiger partial charge on any atom is 0.255 e. The Labute approximate surface area is 161 Å². The summed E-state index contributed by atoms with van der Waals surface area (Å²) in [7, 11) is 0. The Kier molecular flexibility index (Phi) is 5.43. The second-order valence-electron chi connectivity index (χ2n) is 6.85. The van der Waals surface area contributed by atoms with Gasteiger partial charge in [0.15, 0.2) is 0 Å². The molecule has 0 saturated heterocycles. The first-order valence-corrected chi connectivity index (χ1v) is 9.15. The number of hydrogen-bond donors (Lipinski definition) is 2. The Hall–Kier alpha value is -3.23. The number of aromatic nitrogens is 4. The number of carboxylic acid groups (broad SMARTS) is 1. The molecule has 0 bridgehead atoms. The minimum absolute atomic E-state index is 0.183. The highest BCUT2D eigenvalue weighted by Crippen LogP contribution is 2.27. The van der Waals surface area contributed by atoms with Gasteiger partial charge < -0.3 is 15.2 Å². The van der Waals surface area contributed by atoms with Crippen LogP contribution in [0.15, 0.2) is 23.0 Å². The van der Waals surface area contributed by atoms with E-state index >= 15 is 0 Å². The molecular formula is C19H22N5O4-. The Balaban J connectivity index is 1.93. The molecule has 2 aromatic heterocycles. The predicted molar refractivity (Wildman–Crippen MR) is 99.8 cm³/mol. The first-order valence-electron chi connectivity index (χ1n) is 9.15. The summed E-state index contributed by atoms with van der Waals surface area (Å²) >= 11 is 0. The van der Waals surface area contributed by atoms with Crippen LogP contribution in [0.2, 0.25) is 0 Å². The highest BCUT2D eigenvalue weighted by Gasteiger charge is 2.30. The number of rotatable bonds is 5. The summed E-state index contributed by atoms with van der Waals surface area (Å²) in [6.07, 6.45) is 4.65. The van der Waals surface area contributed by atoms with Gasteiger partial charge >= 0.3 is 0 Å². The highest BCUT2D eigenvalue weighted by molar-refractivity contribution is 5.94. The number of allylic oxidation sites excluding steroid dienone is 2. The number of nitrogens with one attached hydrogen (secondary N) is 2. The lowest BCUT2D eigenvalue weighted by atomic mass is 9.82. The average Bonchev–Trinajstić information content (AvgIpc) is 3.01. The second-order valence-corrected chi connectivity index (χ2v) is 6.85. The Morgan fingerprint density at radius 3 is 2.57 bits per heavy atom. The van der Waals surface area contributed by atoms with Crippen LogP contribution in [0.25, 0.3) is 5.95 Å². The van der Waals surface area contributed by atoms with Crippen molar-refractivity contribution in [3.05, 3.63) is 45.5 Å². The summed E-state index contributed by atoms with van der Waals surface area (Å²) in [5, 5.41) is 18.4. The number of aliphatic carboxylic acids is 1. The van der Waals surface area contributed by atoms with Crippen LogP contribution in [0.5, 0.6) is 0 Å². The van der Waals surface area contributed by atoms with Crippen molar-refractivity contribution < 1.29 is 14.7 Å². The average molecular weight is 384 g/mol. The van der Waals surface area contributed by atoms with Gasteiger partial charge in [-0.2, -0.15) is 9.78 Å². The summed E-state index contributed by atoms with van der Waals surface area (Å²) < 4.78 is 1.34. The Morgan fingerprint density at radius 2 is 1.96 bits per heavy atom. The van der Waals surface area contributed by atoms with Crippen LogP contribution in [0.4, 0.5) is 5.82 Å². The maximum absolute atomic E-state index is 12.7. The third-order valence-electron chi connectivity index (χ3n) is 4.92. The van der Waals surface area contributed by atoms with E-state index < -0.39 is 23.7 Å². The van der Waals surface area contributed by atoms with Gasteiger partial charge in [0.05, 0.1) is 11.6 Å². The van der Waals surface area contributed by atoms with Crippen LogP contribution in [-0.4, -0.2) is 31.6 Å². The van der Waals surface area contributed by atoms with E-state index in [4.69, 9.17) is 0 Å². The summed E-state index contributed by atoms with van der Waals surface area (Å²) in [5.74, 6) is -2.82. The first-order chi connectivity index (χ1) is 13.3. The van der Waals surface area contributed by atoms with E-state index in [1.165, 1.54) is 4.68 Å². The number of amides is 1. The van der Waals surface area contributed by atoms with Gasteiger partial charge in [-0.15, -0.1) is 0 Å². The molecule has 1 aliphatic rings. The van der Waals surface area contributed by atoms with Crippen molar-refractivity contribution in [3.8, 4) is 5.95 Å². The minimum Gasteiger partial charge on any atom is -0.550 e. The highest BCUT2D eigenvalue weighted by atomic mass is 16.4. The fourth-order valence-corrected chi connectivity index (χ4v) is 3.45. The van der Waals surface area contributed by atoms with Gasteiger partial charge in [0.25, 0.3) is 5.56 Å². The fraction of sp³-hybridized carbons (Fsp3) is 0.421. The van der Waals surface area contributed by atoms with Gasteiger partial charge in [-0.3, -0.25) is 14.6 Å². The van der Waals surface area contributed by atoms with Crippen LogP contribution in [-0.2, 0) is 16.0 Å². The number of hydrogen-bond acceptors (Lipinski definition) is 6. The molecule has 1 amide bonds. The normalized spacial score (nSPS) is 18.8. The molecule has 148 valence electrons. The number of carbonyl (C=O) groups is 2. The van der Waals surface area contributed by atoms with Crippen molar-refractivity contribution >= 4 is 17.7 Å². The molecule has 0 saturated carbocycles. The number of aromatic amines is 1. The maximum atomic E-state index is 12.7. The van der Waals surface area contributed by atoms with Gasteiger partial charge in [-0.05, 0) is 33.1 Å². The third kappa shape index (κ3) is 3.73. The molecule has 0 fully saturated rings. The van der Waals surface area contributed by atoms with Crippen molar-refractivity contribution in [1.29, 1.82) is 0 Å². The molecule has 0 spiro atoms. The SMILES string of the molecule is CCc1c(C)nc(-n2nc(C)cc2NC(=O)[C@@H]2CC=CC[C@@H]2C(=O)[O-])[nH]c1=O. The third-order valence-corrected chi connectivity index (χ3v) is 4.92. The number of aryl methyl sites for hydroxylation is 2. The molecule has 0 aromatic carbocycles. The Morgan fingerprint density at radius 1 is 1.29 bits per heavy atom. The molecule has 1 aliphatic carbocycles. The second kappa shape index (κ2) is 7.79. The number of carboxylic acids is 1. The van der Waals surface area contributed by atoms with Crippen LogP contribution in [0.1, 0.15) is 36.7 Å². The van der Waals surface area contributed by atoms with Gasteiger partial charge in [0.2, 0.25) is 11.9 Å². The molecule has 2 heterocycles. The van der Waals surface area contributed by atoms with Crippen molar-refractivity contribution in [2.75, 3.05) is 5.32 Å². The topological polar surface area (TPSA) is 133 Å². The largest absolute Gasteiger partial charge is 0.550 e. The quantitative estimate of drug-likeness (QED) is 0.717. The van der Waals surface area contributed by atoms with E-state index in [-0.39, 0.29) is 17.9 Å². The van der Waals surface area contributed by atoms with Gasteiger partial charge in [0, 0.05) is 29.2 Å². The molecule has 9 nitrogen and oxygen atoms in total. The van der Waals surface area contributed by atoms with Crippen LogP contribution < -0.4 is 16.0 Å². The summed E-state index contributed by atoms with van der Waals surface area (Å²) in [5.41, 5.74) is 1.52. The van der Waals surface area contributed by atoms with E-state index in [9.17, 15) is 19.5 Å². The molecule has 2 atom stereocenters. The lowest BCUT2D eigenvalue weighted by Gasteiger charge is -2.28. The summed E-state index contributed by atoms with van der Waals surface area (Å²) in [6.45, 7) is 5.35. The van der Waals surface area contributed by atoms with Crippen LogP contribution in [0, 0.1) is 25.7 Å². The standard InChI is InChI=1S/C19H23N5O4/c1-4-12-11(3)20-19(22-16(12)25)24-15(9-10(2)23-24)21-17(26)13-7-5-6-8-14(13)18(27)28/h5-6,9,13-14H,4,7-8H2,1-3H3,(H,21,26)(H,27,28)(H,20,22,25)/p-1/t13-,14+/m1/s1. The summed E-state index contributed by atoms with van der Waals surface area (Å²) in [6, 6.07) is 1.63. The van der Waals surface area contributed by atoms with E-state index in [2.05, 4.69) is 20.4 Å². The fourth-order valence-electron chi connectivity index (χ4n) is 3.45.